The van der Waals surface area contributed by atoms with Crippen molar-refractivity contribution in [3.05, 3.63) is 54.0 Å². The maximum atomic E-state index is 13.4. The quantitative estimate of drug-likeness (QED) is 0.918. The number of carbonyl (C=O) groups is 1. The standard InChI is InChI=1S/C16H17FN2O4/c17-13-3-1-2-12(6-13)7-16(10-20)9-19(4-5-23-16)15(21)14-8-18-11-22-14/h1-3,6,8,11,20H,4-5,7,9-10H2/t16-/m0/s1. The molecule has 0 radical (unpaired) electrons. The van der Waals surface area contributed by atoms with Crippen molar-refractivity contribution >= 4 is 5.91 Å². The van der Waals surface area contributed by atoms with Crippen LogP contribution in [-0.4, -0.2) is 52.8 Å². The number of aromatic nitrogens is 1. The van der Waals surface area contributed by atoms with Gasteiger partial charge in [-0.15, -0.1) is 0 Å². The molecular formula is C16H17FN2O4. The van der Waals surface area contributed by atoms with Crippen LogP contribution < -0.4 is 0 Å². The Morgan fingerprint density at radius 3 is 3.04 bits per heavy atom. The molecule has 2 heterocycles. The summed E-state index contributed by atoms with van der Waals surface area (Å²) in [5.74, 6) is -0.506. The van der Waals surface area contributed by atoms with Gasteiger partial charge in [-0.2, -0.15) is 0 Å². The lowest BCUT2D eigenvalue weighted by atomic mass is 9.93. The van der Waals surface area contributed by atoms with Crippen molar-refractivity contribution in [1.29, 1.82) is 0 Å². The van der Waals surface area contributed by atoms with E-state index in [4.69, 9.17) is 9.15 Å². The van der Waals surface area contributed by atoms with Gasteiger partial charge in [-0.3, -0.25) is 4.79 Å². The Hall–Kier alpha value is -2.25. The van der Waals surface area contributed by atoms with Crippen molar-refractivity contribution in [3.8, 4) is 0 Å². The van der Waals surface area contributed by atoms with Gasteiger partial charge in [-0.25, -0.2) is 9.37 Å². The van der Waals surface area contributed by atoms with E-state index in [0.29, 0.717) is 18.5 Å². The number of nitrogens with zero attached hydrogens (tertiary/aromatic N) is 2. The highest BCUT2D eigenvalue weighted by Gasteiger charge is 2.39. The Morgan fingerprint density at radius 1 is 1.48 bits per heavy atom. The van der Waals surface area contributed by atoms with Crippen molar-refractivity contribution in [1.82, 2.24) is 9.88 Å². The molecule has 1 aromatic heterocycles. The molecule has 2 aromatic rings. The van der Waals surface area contributed by atoms with Crippen molar-refractivity contribution in [2.24, 2.45) is 0 Å². The zero-order valence-corrected chi connectivity index (χ0v) is 12.4. The predicted molar refractivity (Wildman–Crippen MR) is 78.3 cm³/mol. The van der Waals surface area contributed by atoms with Gasteiger partial charge in [-0.1, -0.05) is 12.1 Å². The number of ether oxygens (including phenoxy) is 1. The maximum absolute atomic E-state index is 13.4. The molecule has 0 aliphatic carbocycles. The molecule has 0 spiro atoms. The number of hydrogen-bond acceptors (Lipinski definition) is 5. The second kappa shape index (κ2) is 6.47. The zero-order valence-electron chi connectivity index (χ0n) is 12.4. The van der Waals surface area contributed by atoms with Crippen LogP contribution in [0.3, 0.4) is 0 Å². The Morgan fingerprint density at radius 2 is 2.35 bits per heavy atom. The Labute approximate surface area is 132 Å². The predicted octanol–water partition coefficient (Wildman–Crippen LogP) is 1.26. The first-order chi connectivity index (χ1) is 11.1. The van der Waals surface area contributed by atoms with Crippen LogP contribution in [-0.2, 0) is 11.2 Å². The normalized spacial score (nSPS) is 21.4. The van der Waals surface area contributed by atoms with Gasteiger partial charge >= 0.3 is 0 Å². The van der Waals surface area contributed by atoms with Gasteiger partial charge in [0.25, 0.3) is 5.91 Å². The van der Waals surface area contributed by atoms with Crippen molar-refractivity contribution in [3.63, 3.8) is 0 Å². The summed E-state index contributed by atoms with van der Waals surface area (Å²) in [7, 11) is 0. The molecule has 1 aliphatic rings. The van der Waals surface area contributed by atoms with Crippen LogP contribution in [0.15, 0.2) is 41.3 Å². The van der Waals surface area contributed by atoms with E-state index in [2.05, 4.69) is 4.98 Å². The number of benzene rings is 1. The molecule has 6 nitrogen and oxygen atoms in total. The summed E-state index contributed by atoms with van der Waals surface area (Å²) in [5, 5.41) is 9.81. The van der Waals surface area contributed by atoms with Crippen molar-refractivity contribution in [2.45, 2.75) is 12.0 Å². The van der Waals surface area contributed by atoms with Gasteiger partial charge in [0.15, 0.2) is 6.39 Å². The number of hydrogen-bond donors (Lipinski definition) is 1. The van der Waals surface area contributed by atoms with Crippen LogP contribution in [0, 0.1) is 5.82 Å². The number of amides is 1. The molecule has 23 heavy (non-hydrogen) atoms. The fourth-order valence-electron chi connectivity index (χ4n) is 2.77. The SMILES string of the molecule is O=C(c1cnco1)N1CCO[C@@](CO)(Cc2cccc(F)c2)C1. The number of oxazole rings is 1. The molecule has 7 heteroatoms. The molecule has 1 N–H and O–H groups in total. The molecule has 1 saturated heterocycles. The van der Waals surface area contributed by atoms with Gasteiger partial charge < -0.3 is 19.2 Å². The smallest absolute Gasteiger partial charge is 0.291 e. The maximum Gasteiger partial charge on any atom is 0.291 e. The minimum Gasteiger partial charge on any atom is -0.438 e. The van der Waals surface area contributed by atoms with E-state index in [-0.39, 0.29) is 37.2 Å². The highest BCUT2D eigenvalue weighted by atomic mass is 19.1. The van der Waals surface area contributed by atoms with Gasteiger partial charge in [-0.05, 0) is 17.7 Å². The van der Waals surface area contributed by atoms with Crippen LogP contribution in [0.5, 0.6) is 0 Å². The fraction of sp³-hybridized carbons (Fsp3) is 0.375. The second-order valence-corrected chi connectivity index (χ2v) is 5.59. The van der Waals surface area contributed by atoms with Crippen LogP contribution in [0.25, 0.3) is 0 Å². The van der Waals surface area contributed by atoms with E-state index >= 15 is 0 Å². The van der Waals surface area contributed by atoms with E-state index in [9.17, 15) is 14.3 Å². The summed E-state index contributed by atoms with van der Waals surface area (Å²) in [4.78, 5) is 17.7. The highest BCUT2D eigenvalue weighted by molar-refractivity contribution is 5.91. The van der Waals surface area contributed by atoms with Crippen molar-refractivity contribution in [2.75, 3.05) is 26.3 Å². The third-order valence-corrected chi connectivity index (χ3v) is 3.88. The van der Waals surface area contributed by atoms with Crippen LogP contribution in [0.4, 0.5) is 4.39 Å². The number of aliphatic hydroxyl groups excluding tert-OH is 1. The van der Waals surface area contributed by atoms with E-state index in [0.717, 1.165) is 0 Å². The van der Waals surface area contributed by atoms with Crippen LogP contribution >= 0.6 is 0 Å². The third-order valence-electron chi connectivity index (χ3n) is 3.88. The molecule has 3 rings (SSSR count). The van der Waals surface area contributed by atoms with Gasteiger partial charge in [0.05, 0.1) is 26.0 Å². The van der Waals surface area contributed by atoms with E-state index in [1.807, 2.05) is 0 Å². The van der Waals surface area contributed by atoms with Crippen LogP contribution in [0.2, 0.25) is 0 Å². The largest absolute Gasteiger partial charge is 0.438 e. The van der Waals surface area contributed by atoms with Crippen LogP contribution in [0.1, 0.15) is 16.1 Å². The molecule has 1 aliphatic heterocycles. The number of halogens is 1. The molecule has 1 aromatic carbocycles. The summed E-state index contributed by atoms with van der Waals surface area (Å²) < 4.78 is 24.1. The lowest BCUT2D eigenvalue weighted by Crippen LogP contribution is -2.56. The summed E-state index contributed by atoms with van der Waals surface area (Å²) in [6.07, 6.45) is 2.85. The third kappa shape index (κ3) is 3.40. The second-order valence-electron chi connectivity index (χ2n) is 5.59. The number of carbonyl (C=O) groups excluding carboxylic acids is 1. The number of morpholine rings is 1. The summed E-state index contributed by atoms with van der Waals surface area (Å²) in [5.41, 5.74) is -0.255. The number of rotatable bonds is 4. The highest BCUT2D eigenvalue weighted by Crippen LogP contribution is 2.24. The fourth-order valence-corrected chi connectivity index (χ4v) is 2.77. The topological polar surface area (TPSA) is 75.8 Å². The molecule has 1 atom stereocenters. The lowest BCUT2D eigenvalue weighted by molar-refractivity contribution is -0.124. The summed E-state index contributed by atoms with van der Waals surface area (Å²) in [6.45, 7) is 0.601. The van der Waals surface area contributed by atoms with Gasteiger partial charge in [0.2, 0.25) is 5.76 Å². The van der Waals surface area contributed by atoms with E-state index < -0.39 is 5.60 Å². The molecule has 0 saturated carbocycles. The average molecular weight is 320 g/mol. The van der Waals surface area contributed by atoms with Gasteiger partial charge in [0.1, 0.15) is 11.4 Å². The molecular weight excluding hydrogens is 303 g/mol. The first-order valence-corrected chi connectivity index (χ1v) is 7.29. The minimum atomic E-state index is -0.957. The summed E-state index contributed by atoms with van der Waals surface area (Å²) in [6, 6.07) is 6.13. The number of aliphatic hydroxyl groups is 1. The first kappa shape index (κ1) is 15.6. The lowest BCUT2D eigenvalue weighted by Gasteiger charge is -2.41. The minimum absolute atomic E-state index is 0.143. The van der Waals surface area contributed by atoms with E-state index in [1.54, 1.807) is 17.0 Å². The van der Waals surface area contributed by atoms with E-state index in [1.165, 1.54) is 24.7 Å². The Balaban J connectivity index is 1.77. The Bertz CT molecular complexity index is 676. The monoisotopic (exact) mass is 320 g/mol. The molecule has 1 amide bonds. The average Bonchev–Trinajstić information content (AvgIpc) is 3.09. The molecule has 122 valence electrons. The molecule has 0 bridgehead atoms. The molecule has 0 unspecified atom stereocenters. The molecule has 1 fully saturated rings. The Kier molecular flexibility index (Phi) is 4.40. The van der Waals surface area contributed by atoms with Gasteiger partial charge in [0, 0.05) is 13.0 Å². The summed E-state index contributed by atoms with van der Waals surface area (Å²) >= 11 is 0. The first-order valence-electron chi connectivity index (χ1n) is 7.29. The van der Waals surface area contributed by atoms with Crippen molar-refractivity contribution < 1.29 is 23.4 Å². The zero-order chi connectivity index (χ0) is 16.3.